The molecule has 2 aromatic heterocycles. The lowest BCUT2D eigenvalue weighted by molar-refractivity contribution is -0.179. The fourth-order valence-corrected chi connectivity index (χ4v) is 5.63. The summed E-state index contributed by atoms with van der Waals surface area (Å²) in [6.07, 6.45) is -1.83. The van der Waals surface area contributed by atoms with Gasteiger partial charge in [0.05, 0.1) is 16.5 Å². The lowest BCUT2D eigenvalue weighted by Gasteiger charge is -2.40. The van der Waals surface area contributed by atoms with E-state index in [0.717, 1.165) is 0 Å². The van der Waals surface area contributed by atoms with E-state index in [4.69, 9.17) is 51.3 Å². The number of fused-ring (bicyclic) bond motifs is 2. The van der Waals surface area contributed by atoms with Gasteiger partial charge in [0.25, 0.3) is 0 Å². The van der Waals surface area contributed by atoms with Gasteiger partial charge in [0.2, 0.25) is 11.1 Å². The summed E-state index contributed by atoms with van der Waals surface area (Å²) >= 11 is 13.0. The summed E-state index contributed by atoms with van der Waals surface area (Å²) in [4.78, 5) is 61.7. The molecule has 4 rings (SSSR count). The number of carbonyl (C=O) groups excluding carboxylic acids is 4. The van der Waals surface area contributed by atoms with Crippen molar-refractivity contribution < 1.29 is 47.3 Å². The maximum Gasteiger partial charge on any atom is 0.308 e. The molecule has 42 heavy (non-hydrogen) atoms. The van der Waals surface area contributed by atoms with Crippen molar-refractivity contribution in [2.24, 2.45) is 0 Å². The number of carbonyl (C=O) groups is 4. The molecular formula is C28H27Cl2NO11. The topological polar surface area (TPSA) is 150 Å². The van der Waals surface area contributed by atoms with E-state index in [9.17, 15) is 24.0 Å². The molecule has 224 valence electrons. The molecule has 1 aliphatic rings. The number of aryl methyl sites for hydroxylation is 1. The summed E-state index contributed by atoms with van der Waals surface area (Å²) in [5.74, 6) is -2.84. The second-order valence-corrected chi connectivity index (χ2v) is 10.4. The molecule has 0 saturated carbocycles. The molecule has 0 amide bonds. The van der Waals surface area contributed by atoms with Crippen LogP contribution in [-0.2, 0) is 38.1 Å². The molecule has 4 atom stereocenters. The number of halogens is 2. The van der Waals surface area contributed by atoms with Gasteiger partial charge in [0.1, 0.15) is 28.8 Å². The van der Waals surface area contributed by atoms with Crippen molar-refractivity contribution in [1.29, 1.82) is 0 Å². The van der Waals surface area contributed by atoms with Gasteiger partial charge in [0.15, 0.2) is 18.0 Å². The minimum Gasteiger partial charge on any atom is -0.461 e. The van der Waals surface area contributed by atoms with Gasteiger partial charge >= 0.3 is 23.9 Å². The number of aromatic nitrogens is 1. The fraction of sp³-hybridized carbons (Fsp3) is 0.393. The highest BCUT2D eigenvalue weighted by Gasteiger charge is 2.47. The molecule has 4 unspecified atom stereocenters. The number of ether oxygens (including phenoxy) is 5. The van der Waals surface area contributed by atoms with E-state index in [-0.39, 0.29) is 44.6 Å². The Morgan fingerprint density at radius 3 is 2.17 bits per heavy atom. The number of esters is 4. The standard InChI is InChI=1S/C28H27Cl2NO11/c1-11-7-18(29)25(39-13(3)33)21-22(36)17-9-20(30)31(28(17)42-23(11)21)19-8-16(10-38-12(2)32)24(37-6)27(41-15(5)35)26(19)40-14(4)34/h7-9,19,24,26-27H,10H2,1-6H3. The van der Waals surface area contributed by atoms with E-state index in [0.29, 0.717) is 11.1 Å². The summed E-state index contributed by atoms with van der Waals surface area (Å²) in [5, 5.41) is -0.0546. The molecule has 2 heterocycles. The van der Waals surface area contributed by atoms with Crippen LogP contribution in [0.5, 0.6) is 5.75 Å². The number of benzene rings is 1. The van der Waals surface area contributed by atoms with Crippen LogP contribution in [0.1, 0.15) is 39.3 Å². The summed E-state index contributed by atoms with van der Waals surface area (Å²) in [6.45, 7) is 6.14. The molecule has 12 nitrogen and oxygen atoms in total. The Kier molecular flexibility index (Phi) is 9.00. The number of rotatable bonds is 7. The van der Waals surface area contributed by atoms with Crippen LogP contribution in [0.25, 0.3) is 22.1 Å². The zero-order valence-electron chi connectivity index (χ0n) is 23.4. The van der Waals surface area contributed by atoms with Crippen LogP contribution in [0.4, 0.5) is 0 Å². The summed E-state index contributed by atoms with van der Waals surface area (Å²) in [6, 6.07) is 1.77. The van der Waals surface area contributed by atoms with Gasteiger partial charge < -0.3 is 28.1 Å². The smallest absolute Gasteiger partial charge is 0.308 e. The highest BCUT2D eigenvalue weighted by molar-refractivity contribution is 6.33. The SMILES string of the molecule is COC1C(COC(C)=O)=CC(n2c(Cl)cc3c(=O)c4c(OC(C)=O)c(Cl)cc(C)c4oc32)C(OC(C)=O)C1OC(C)=O. The zero-order chi connectivity index (χ0) is 31.0. The Morgan fingerprint density at radius 1 is 0.952 bits per heavy atom. The van der Waals surface area contributed by atoms with Crippen LogP contribution < -0.4 is 10.2 Å². The molecule has 1 aromatic carbocycles. The third-order valence-electron chi connectivity index (χ3n) is 6.54. The van der Waals surface area contributed by atoms with Gasteiger partial charge in [-0.05, 0) is 30.2 Å². The van der Waals surface area contributed by atoms with Crippen molar-refractivity contribution in [2.45, 2.75) is 59.0 Å². The van der Waals surface area contributed by atoms with Crippen LogP contribution in [0.2, 0.25) is 10.2 Å². The Morgan fingerprint density at radius 2 is 1.60 bits per heavy atom. The maximum absolute atomic E-state index is 13.8. The zero-order valence-corrected chi connectivity index (χ0v) is 25.0. The lowest BCUT2D eigenvalue weighted by atomic mass is 9.87. The van der Waals surface area contributed by atoms with Crippen molar-refractivity contribution in [3.8, 4) is 5.75 Å². The van der Waals surface area contributed by atoms with Crippen molar-refractivity contribution >= 4 is 69.1 Å². The van der Waals surface area contributed by atoms with Gasteiger partial charge in [-0.15, -0.1) is 0 Å². The second kappa shape index (κ2) is 12.2. The average molecular weight is 624 g/mol. The van der Waals surface area contributed by atoms with E-state index in [1.165, 1.54) is 51.5 Å². The highest BCUT2D eigenvalue weighted by Crippen LogP contribution is 2.41. The van der Waals surface area contributed by atoms with Crippen molar-refractivity contribution in [3.63, 3.8) is 0 Å². The van der Waals surface area contributed by atoms with Crippen LogP contribution in [0.15, 0.2) is 33.0 Å². The first-order valence-corrected chi connectivity index (χ1v) is 13.4. The van der Waals surface area contributed by atoms with E-state index in [1.54, 1.807) is 13.0 Å². The summed E-state index contributed by atoms with van der Waals surface area (Å²) < 4.78 is 34.9. The van der Waals surface area contributed by atoms with E-state index < -0.39 is 53.7 Å². The first-order valence-electron chi connectivity index (χ1n) is 12.6. The minimum absolute atomic E-state index is 0.00280. The quantitative estimate of drug-likeness (QED) is 0.161. The number of hydrogen-bond acceptors (Lipinski definition) is 11. The fourth-order valence-electron chi connectivity index (χ4n) is 5.03. The maximum atomic E-state index is 13.8. The summed E-state index contributed by atoms with van der Waals surface area (Å²) in [5.41, 5.74) is 0.272. The van der Waals surface area contributed by atoms with Crippen LogP contribution in [0, 0.1) is 6.92 Å². The molecule has 0 saturated heterocycles. The molecule has 14 heteroatoms. The van der Waals surface area contributed by atoms with E-state index in [2.05, 4.69) is 0 Å². The molecular weight excluding hydrogens is 597 g/mol. The minimum atomic E-state index is -1.23. The largest absolute Gasteiger partial charge is 0.461 e. The third-order valence-corrected chi connectivity index (χ3v) is 7.11. The molecule has 0 aliphatic heterocycles. The monoisotopic (exact) mass is 623 g/mol. The predicted molar refractivity (Wildman–Crippen MR) is 150 cm³/mol. The first-order chi connectivity index (χ1) is 19.7. The normalized spacial score (nSPS) is 20.2. The molecule has 0 radical (unpaired) electrons. The summed E-state index contributed by atoms with van der Waals surface area (Å²) in [7, 11) is 1.35. The Balaban J connectivity index is 2.06. The van der Waals surface area contributed by atoms with E-state index in [1.807, 2.05) is 0 Å². The molecule has 0 N–H and O–H groups in total. The van der Waals surface area contributed by atoms with Crippen molar-refractivity contribution in [1.82, 2.24) is 4.57 Å². The molecule has 1 aliphatic carbocycles. The number of nitrogens with zero attached hydrogens (tertiary/aromatic N) is 1. The molecule has 3 aromatic rings. The Hall–Kier alpha value is -3.87. The molecule has 0 spiro atoms. The number of hydrogen-bond donors (Lipinski definition) is 0. The van der Waals surface area contributed by atoms with Gasteiger partial charge in [0, 0.05) is 34.8 Å². The third kappa shape index (κ3) is 5.87. The van der Waals surface area contributed by atoms with Crippen molar-refractivity contribution in [2.75, 3.05) is 13.7 Å². The van der Waals surface area contributed by atoms with Crippen LogP contribution >= 0.6 is 23.2 Å². The molecule has 0 bridgehead atoms. The van der Waals surface area contributed by atoms with Gasteiger partial charge in [-0.3, -0.25) is 28.5 Å². The van der Waals surface area contributed by atoms with Gasteiger partial charge in [-0.2, -0.15) is 0 Å². The Bertz CT molecular complexity index is 1700. The Labute approximate surface area is 249 Å². The highest BCUT2D eigenvalue weighted by atomic mass is 35.5. The second-order valence-electron chi connectivity index (χ2n) is 9.61. The van der Waals surface area contributed by atoms with Gasteiger partial charge in [-0.1, -0.05) is 29.3 Å². The number of methoxy groups -OCH3 is 1. The molecule has 0 fully saturated rings. The van der Waals surface area contributed by atoms with Crippen LogP contribution in [0.3, 0.4) is 0 Å². The lowest BCUT2D eigenvalue weighted by Crippen LogP contribution is -2.52. The van der Waals surface area contributed by atoms with Crippen molar-refractivity contribution in [3.05, 3.63) is 49.7 Å². The van der Waals surface area contributed by atoms with Crippen LogP contribution in [-0.4, -0.2) is 60.5 Å². The average Bonchev–Trinajstić information content (AvgIpc) is 3.21. The van der Waals surface area contributed by atoms with E-state index >= 15 is 0 Å². The predicted octanol–water partition coefficient (Wildman–Crippen LogP) is 4.21. The first kappa shape index (κ1) is 31.1. The van der Waals surface area contributed by atoms with Gasteiger partial charge in [-0.25, -0.2) is 0 Å².